The summed E-state index contributed by atoms with van der Waals surface area (Å²) in [5.41, 5.74) is 1.94. The second-order valence-corrected chi connectivity index (χ2v) is 8.24. The number of aryl methyl sites for hydroxylation is 2. The first-order valence-corrected chi connectivity index (χ1v) is 9.91. The molecule has 0 saturated heterocycles. The molecule has 24 heavy (non-hydrogen) atoms. The number of thioether (sulfide) groups is 1. The largest absolute Gasteiger partial charge is 0.301 e. The third-order valence-corrected chi connectivity index (χ3v) is 6.64. The zero-order chi connectivity index (χ0) is 16.7. The molecule has 2 heterocycles. The van der Waals surface area contributed by atoms with Gasteiger partial charge in [0, 0.05) is 15.7 Å². The molecular weight excluding hydrogens is 367 g/mol. The Balaban J connectivity index is 1.64. The van der Waals surface area contributed by atoms with Crippen molar-refractivity contribution in [3.05, 3.63) is 55.4 Å². The molecule has 3 aromatic rings. The number of thiophene rings is 1. The van der Waals surface area contributed by atoms with E-state index in [0.717, 1.165) is 35.0 Å². The molecule has 1 aliphatic carbocycles. The molecule has 1 aromatic carbocycles. The van der Waals surface area contributed by atoms with E-state index in [-0.39, 0.29) is 11.4 Å². The second-order valence-electron chi connectivity index (χ2n) is 5.79. The van der Waals surface area contributed by atoms with E-state index in [9.17, 15) is 9.18 Å². The Hall–Kier alpha value is -1.37. The topological polar surface area (TPSA) is 45.8 Å². The normalized spacial score (nSPS) is 14.1. The number of nitrogens with zero attached hydrogens (tertiary/aromatic N) is 1. The molecule has 4 rings (SSSR count). The molecule has 2 aromatic heterocycles. The maximum absolute atomic E-state index is 13.1. The van der Waals surface area contributed by atoms with E-state index in [0.29, 0.717) is 15.9 Å². The molecule has 0 unspecified atom stereocenters. The molecule has 0 aliphatic heterocycles. The lowest BCUT2D eigenvalue weighted by Gasteiger charge is -2.09. The van der Waals surface area contributed by atoms with Crippen LogP contribution < -0.4 is 5.56 Å². The second kappa shape index (κ2) is 6.50. The van der Waals surface area contributed by atoms with Gasteiger partial charge in [-0.15, -0.1) is 11.3 Å². The predicted octanol–water partition coefficient (Wildman–Crippen LogP) is 4.95. The molecule has 0 atom stereocenters. The van der Waals surface area contributed by atoms with Gasteiger partial charge in [0.05, 0.1) is 5.39 Å². The summed E-state index contributed by atoms with van der Waals surface area (Å²) in [7, 11) is 0. The van der Waals surface area contributed by atoms with Crippen LogP contribution in [0.2, 0.25) is 5.02 Å². The van der Waals surface area contributed by atoms with Crippen LogP contribution in [-0.4, -0.2) is 9.97 Å². The first kappa shape index (κ1) is 16.1. The minimum atomic E-state index is -0.356. The van der Waals surface area contributed by atoms with Gasteiger partial charge in [-0.25, -0.2) is 9.37 Å². The van der Waals surface area contributed by atoms with Crippen molar-refractivity contribution in [1.29, 1.82) is 0 Å². The minimum absolute atomic E-state index is 0.0629. The van der Waals surface area contributed by atoms with Gasteiger partial charge in [0.15, 0.2) is 5.16 Å². The molecule has 124 valence electrons. The highest BCUT2D eigenvalue weighted by atomic mass is 35.5. The van der Waals surface area contributed by atoms with Crippen LogP contribution in [0, 0.1) is 5.82 Å². The molecule has 0 bridgehead atoms. The van der Waals surface area contributed by atoms with Gasteiger partial charge in [-0.3, -0.25) is 4.79 Å². The van der Waals surface area contributed by atoms with E-state index >= 15 is 0 Å². The average molecular weight is 381 g/mol. The van der Waals surface area contributed by atoms with Crippen molar-refractivity contribution in [2.24, 2.45) is 0 Å². The van der Waals surface area contributed by atoms with Crippen LogP contribution in [0.5, 0.6) is 0 Å². The van der Waals surface area contributed by atoms with Gasteiger partial charge in [-0.2, -0.15) is 0 Å². The molecule has 3 nitrogen and oxygen atoms in total. The number of halogens is 2. The van der Waals surface area contributed by atoms with Crippen molar-refractivity contribution >= 4 is 44.9 Å². The zero-order valence-corrected chi connectivity index (χ0v) is 15.1. The van der Waals surface area contributed by atoms with Crippen LogP contribution in [0.4, 0.5) is 4.39 Å². The van der Waals surface area contributed by atoms with Crippen LogP contribution in [0.25, 0.3) is 10.2 Å². The lowest BCUT2D eigenvalue weighted by atomic mass is 9.97. The molecule has 7 heteroatoms. The lowest BCUT2D eigenvalue weighted by Crippen LogP contribution is -2.10. The Morgan fingerprint density at radius 1 is 1.33 bits per heavy atom. The third-order valence-electron chi connectivity index (χ3n) is 4.18. The fourth-order valence-electron chi connectivity index (χ4n) is 3.00. The van der Waals surface area contributed by atoms with E-state index in [1.54, 1.807) is 17.4 Å². The van der Waals surface area contributed by atoms with Crippen LogP contribution in [0.1, 0.15) is 28.8 Å². The zero-order valence-electron chi connectivity index (χ0n) is 12.7. The molecule has 0 amide bonds. The Labute approximate surface area is 151 Å². The molecular formula is C17H14ClFN2OS2. The van der Waals surface area contributed by atoms with Crippen LogP contribution >= 0.6 is 34.7 Å². The van der Waals surface area contributed by atoms with Crippen LogP contribution in [-0.2, 0) is 18.6 Å². The first-order chi connectivity index (χ1) is 11.6. The predicted molar refractivity (Wildman–Crippen MR) is 97.9 cm³/mol. The van der Waals surface area contributed by atoms with Gasteiger partial charge in [-0.05, 0) is 48.9 Å². The quantitative estimate of drug-likeness (QED) is 0.516. The Kier molecular flexibility index (Phi) is 4.37. The number of H-pyrrole nitrogens is 1. The molecule has 0 saturated carbocycles. The molecule has 0 radical (unpaired) electrons. The number of hydrogen-bond donors (Lipinski definition) is 1. The Morgan fingerprint density at radius 3 is 3.00 bits per heavy atom. The highest BCUT2D eigenvalue weighted by molar-refractivity contribution is 7.98. The lowest BCUT2D eigenvalue weighted by molar-refractivity contribution is 0.627. The van der Waals surface area contributed by atoms with Crippen molar-refractivity contribution in [3.8, 4) is 0 Å². The fraction of sp³-hybridized carbons (Fsp3) is 0.294. The average Bonchev–Trinajstić information content (AvgIpc) is 2.92. The first-order valence-electron chi connectivity index (χ1n) is 7.73. The number of fused-ring (bicyclic) bond motifs is 3. The summed E-state index contributed by atoms with van der Waals surface area (Å²) in [5.74, 6) is 0.171. The van der Waals surface area contributed by atoms with Crippen molar-refractivity contribution in [3.63, 3.8) is 0 Å². The van der Waals surface area contributed by atoms with Gasteiger partial charge >= 0.3 is 0 Å². The van der Waals surface area contributed by atoms with Crippen LogP contribution in [0.15, 0.2) is 28.2 Å². The Morgan fingerprint density at radius 2 is 2.17 bits per heavy atom. The van der Waals surface area contributed by atoms with Gasteiger partial charge in [-0.1, -0.05) is 29.4 Å². The van der Waals surface area contributed by atoms with Gasteiger partial charge in [0.2, 0.25) is 0 Å². The molecule has 1 N–H and O–H groups in total. The van der Waals surface area contributed by atoms with Crippen molar-refractivity contribution in [1.82, 2.24) is 9.97 Å². The summed E-state index contributed by atoms with van der Waals surface area (Å²) in [6.07, 6.45) is 4.33. The molecule has 0 spiro atoms. The van der Waals surface area contributed by atoms with Crippen molar-refractivity contribution in [2.45, 2.75) is 36.6 Å². The Bertz CT molecular complexity index is 983. The summed E-state index contributed by atoms with van der Waals surface area (Å²) in [5, 5.41) is 1.72. The number of nitrogens with one attached hydrogen (secondary N) is 1. The fourth-order valence-corrected chi connectivity index (χ4v) is 5.50. The molecule has 1 aliphatic rings. The standard InChI is InChI=1S/C17H14ClFN2OS2/c18-12-7-10(19)6-5-9(12)8-23-17-20-15(22)14-11-3-1-2-4-13(11)24-16(14)21-17/h5-7H,1-4,8H2,(H,20,21,22). The minimum Gasteiger partial charge on any atom is -0.301 e. The van der Waals surface area contributed by atoms with Crippen molar-refractivity contribution < 1.29 is 4.39 Å². The monoisotopic (exact) mass is 380 g/mol. The maximum Gasteiger partial charge on any atom is 0.260 e. The van der Waals surface area contributed by atoms with E-state index in [1.165, 1.54) is 40.8 Å². The SMILES string of the molecule is O=c1[nH]c(SCc2ccc(F)cc2Cl)nc2sc3c(c12)CCCC3. The number of aromatic nitrogens is 2. The van der Waals surface area contributed by atoms with Gasteiger partial charge in [0.1, 0.15) is 10.6 Å². The summed E-state index contributed by atoms with van der Waals surface area (Å²) in [6.45, 7) is 0. The highest BCUT2D eigenvalue weighted by Crippen LogP contribution is 2.34. The number of rotatable bonds is 3. The highest BCUT2D eigenvalue weighted by Gasteiger charge is 2.19. The van der Waals surface area contributed by atoms with Crippen LogP contribution in [0.3, 0.4) is 0 Å². The third kappa shape index (κ3) is 2.98. The van der Waals surface area contributed by atoms with Gasteiger partial charge < -0.3 is 4.98 Å². The molecule has 0 fully saturated rings. The summed E-state index contributed by atoms with van der Waals surface area (Å²) < 4.78 is 13.1. The smallest absolute Gasteiger partial charge is 0.260 e. The number of aromatic amines is 1. The van der Waals surface area contributed by atoms with Gasteiger partial charge in [0.25, 0.3) is 5.56 Å². The number of hydrogen-bond acceptors (Lipinski definition) is 4. The summed E-state index contributed by atoms with van der Waals surface area (Å²) in [4.78, 5) is 22.1. The van der Waals surface area contributed by atoms with E-state index < -0.39 is 0 Å². The van der Waals surface area contributed by atoms with E-state index in [1.807, 2.05) is 0 Å². The van der Waals surface area contributed by atoms with E-state index in [4.69, 9.17) is 11.6 Å². The summed E-state index contributed by atoms with van der Waals surface area (Å²) >= 11 is 9.08. The van der Waals surface area contributed by atoms with E-state index in [2.05, 4.69) is 9.97 Å². The maximum atomic E-state index is 13.1. The summed E-state index contributed by atoms with van der Waals surface area (Å²) in [6, 6.07) is 4.34. The van der Waals surface area contributed by atoms with Crippen molar-refractivity contribution in [2.75, 3.05) is 0 Å². The number of benzene rings is 1.